The summed E-state index contributed by atoms with van der Waals surface area (Å²) in [6.45, 7) is 4.93. The van der Waals surface area contributed by atoms with Gasteiger partial charge in [0.15, 0.2) is 0 Å². The Bertz CT molecular complexity index is 400. The summed E-state index contributed by atoms with van der Waals surface area (Å²) in [7, 11) is 0. The van der Waals surface area contributed by atoms with Crippen LogP contribution < -0.4 is 0 Å². The molecule has 0 aromatic heterocycles. The van der Waals surface area contributed by atoms with Gasteiger partial charge in [-0.25, -0.2) is 0 Å². The van der Waals surface area contributed by atoms with Gasteiger partial charge in [-0.05, 0) is 18.1 Å². The van der Waals surface area contributed by atoms with Crippen LogP contribution in [0.5, 0.6) is 5.75 Å². The van der Waals surface area contributed by atoms with Crippen LogP contribution in [0.3, 0.4) is 0 Å². The fraction of sp³-hybridized carbons (Fsp3) is 0.462. The fourth-order valence-electron chi connectivity index (χ4n) is 1.82. The molecule has 0 heterocycles. The Morgan fingerprint density at radius 1 is 1.44 bits per heavy atom. The lowest BCUT2D eigenvalue weighted by Gasteiger charge is -2.23. The minimum Gasteiger partial charge on any atom is -0.508 e. The van der Waals surface area contributed by atoms with E-state index < -0.39 is 5.97 Å². The van der Waals surface area contributed by atoms with Gasteiger partial charge in [0.05, 0.1) is 6.54 Å². The number of aromatic hydroxyl groups is 1. The smallest absolute Gasteiger partial charge is 0.317 e. The molecule has 0 bridgehead atoms. The zero-order valence-corrected chi connectivity index (χ0v) is 11.3. The number of benzene rings is 1. The molecular weight excluding hydrogens is 254 g/mol. The summed E-state index contributed by atoms with van der Waals surface area (Å²) in [5.74, 6) is -0.446. The molecule has 0 aliphatic carbocycles. The lowest BCUT2D eigenvalue weighted by Crippen LogP contribution is -2.32. The SMILES string of the molecule is CC(C)CN(CC(=O)O)Cc1c(O)cccc1Cl. The maximum absolute atomic E-state index is 10.8. The number of rotatable bonds is 6. The Morgan fingerprint density at radius 3 is 2.61 bits per heavy atom. The van der Waals surface area contributed by atoms with E-state index in [0.29, 0.717) is 29.6 Å². The first-order chi connectivity index (χ1) is 8.40. The molecule has 2 N–H and O–H groups in total. The van der Waals surface area contributed by atoms with Crippen molar-refractivity contribution >= 4 is 17.6 Å². The third kappa shape index (κ3) is 4.55. The minimum absolute atomic E-state index is 0.0666. The van der Waals surface area contributed by atoms with Crippen molar-refractivity contribution in [3.05, 3.63) is 28.8 Å². The lowest BCUT2D eigenvalue weighted by molar-refractivity contribution is -0.138. The molecule has 0 saturated carbocycles. The van der Waals surface area contributed by atoms with Gasteiger partial charge in [-0.3, -0.25) is 9.69 Å². The van der Waals surface area contributed by atoms with Crippen molar-refractivity contribution < 1.29 is 15.0 Å². The quantitative estimate of drug-likeness (QED) is 0.835. The lowest BCUT2D eigenvalue weighted by atomic mass is 10.1. The first-order valence-corrected chi connectivity index (χ1v) is 6.18. The monoisotopic (exact) mass is 271 g/mol. The number of nitrogens with zero attached hydrogens (tertiary/aromatic N) is 1. The van der Waals surface area contributed by atoms with E-state index in [1.165, 1.54) is 0 Å². The van der Waals surface area contributed by atoms with Gasteiger partial charge < -0.3 is 10.2 Å². The molecule has 0 aliphatic heterocycles. The Kier molecular flexibility index (Phi) is 5.44. The average molecular weight is 272 g/mol. The molecule has 0 unspecified atom stereocenters. The first-order valence-electron chi connectivity index (χ1n) is 5.80. The van der Waals surface area contributed by atoms with E-state index in [-0.39, 0.29) is 12.3 Å². The molecule has 0 fully saturated rings. The van der Waals surface area contributed by atoms with Crippen LogP contribution in [0.25, 0.3) is 0 Å². The Labute approximate surface area is 112 Å². The maximum Gasteiger partial charge on any atom is 0.317 e. The molecule has 0 radical (unpaired) electrons. The number of carboxylic acids is 1. The van der Waals surface area contributed by atoms with Crippen molar-refractivity contribution in [1.29, 1.82) is 0 Å². The van der Waals surface area contributed by atoms with Crippen LogP contribution in [-0.4, -0.2) is 34.2 Å². The van der Waals surface area contributed by atoms with Gasteiger partial charge in [0.25, 0.3) is 0 Å². The molecule has 4 nitrogen and oxygen atoms in total. The van der Waals surface area contributed by atoms with Gasteiger partial charge in [-0.1, -0.05) is 31.5 Å². The van der Waals surface area contributed by atoms with Crippen molar-refractivity contribution in [3.8, 4) is 5.75 Å². The standard InChI is InChI=1S/C13H18ClNO3/c1-9(2)6-15(8-13(17)18)7-10-11(14)4-3-5-12(10)16/h3-5,9,16H,6-8H2,1-2H3,(H,17,18). The Hall–Kier alpha value is -1.26. The van der Waals surface area contributed by atoms with E-state index in [2.05, 4.69) is 0 Å². The van der Waals surface area contributed by atoms with Crippen LogP contribution in [0.15, 0.2) is 18.2 Å². The van der Waals surface area contributed by atoms with Crippen molar-refractivity contribution in [1.82, 2.24) is 4.90 Å². The zero-order chi connectivity index (χ0) is 13.7. The molecule has 18 heavy (non-hydrogen) atoms. The molecule has 5 heteroatoms. The molecule has 1 aromatic rings. The summed E-state index contributed by atoms with van der Waals surface area (Å²) in [4.78, 5) is 12.6. The summed E-state index contributed by atoms with van der Waals surface area (Å²) < 4.78 is 0. The predicted molar refractivity (Wildman–Crippen MR) is 70.9 cm³/mol. The van der Waals surface area contributed by atoms with Crippen molar-refractivity contribution in [2.24, 2.45) is 5.92 Å². The van der Waals surface area contributed by atoms with Crippen LogP contribution >= 0.6 is 11.6 Å². The molecule has 0 aliphatic rings. The second-order valence-electron chi connectivity index (χ2n) is 4.69. The highest BCUT2D eigenvalue weighted by Crippen LogP contribution is 2.26. The number of phenols is 1. The molecule has 0 saturated heterocycles. The van der Waals surface area contributed by atoms with Gasteiger partial charge in [-0.15, -0.1) is 0 Å². The van der Waals surface area contributed by atoms with Gasteiger partial charge in [-0.2, -0.15) is 0 Å². The molecule has 0 amide bonds. The van der Waals surface area contributed by atoms with Crippen molar-refractivity contribution in [2.75, 3.05) is 13.1 Å². The third-order valence-electron chi connectivity index (χ3n) is 2.46. The highest BCUT2D eigenvalue weighted by atomic mass is 35.5. The second kappa shape index (κ2) is 6.61. The van der Waals surface area contributed by atoms with E-state index in [0.717, 1.165) is 0 Å². The number of hydrogen-bond donors (Lipinski definition) is 2. The largest absolute Gasteiger partial charge is 0.508 e. The van der Waals surface area contributed by atoms with Crippen molar-refractivity contribution in [3.63, 3.8) is 0 Å². The fourth-order valence-corrected chi connectivity index (χ4v) is 2.05. The normalized spacial score (nSPS) is 11.2. The van der Waals surface area contributed by atoms with E-state index in [1.54, 1.807) is 23.1 Å². The topological polar surface area (TPSA) is 60.8 Å². The van der Waals surface area contributed by atoms with Crippen LogP contribution in [-0.2, 0) is 11.3 Å². The molecule has 0 atom stereocenters. The summed E-state index contributed by atoms with van der Waals surface area (Å²) >= 11 is 6.01. The van der Waals surface area contributed by atoms with Gasteiger partial charge >= 0.3 is 5.97 Å². The summed E-state index contributed by atoms with van der Waals surface area (Å²) in [5, 5.41) is 19.1. The number of carboxylic acid groups (broad SMARTS) is 1. The number of halogens is 1. The van der Waals surface area contributed by atoms with Gasteiger partial charge in [0.1, 0.15) is 5.75 Å². The van der Waals surface area contributed by atoms with Gasteiger partial charge in [0, 0.05) is 23.7 Å². The van der Waals surface area contributed by atoms with E-state index in [9.17, 15) is 9.90 Å². The minimum atomic E-state index is -0.887. The average Bonchev–Trinajstić information content (AvgIpc) is 2.21. The molecule has 1 rings (SSSR count). The van der Waals surface area contributed by atoms with Crippen molar-refractivity contribution in [2.45, 2.75) is 20.4 Å². The number of aliphatic carboxylic acids is 1. The first kappa shape index (κ1) is 14.8. The van der Waals surface area contributed by atoms with Gasteiger partial charge in [0.2, 0.25) is 0 Å². The number of carbonyl (C=O) groups is 1. The van der Waals surface area contributed by atoms with Crippen LogP contribution in [0.4, 0.5) is 0 Å². The maximum atomic E-state index is 10.8. The van der Waals surface area contributed by atoms with Crippen LogP contribution in [0, 0.1) is 5.92 Å². The van der Waals surface area contributed by atoms with Crippen LogP contribution in [0.2, 0.25) is 5.02 Å². The second-order valence-corrected chi connectivity index (χ2v) is 5.10. The number of hydrogen-bond acceptors (Lipinski definition) is 3. The molecule has 100 valence electrons. The molecular formula is C13H18ClNO3. The summed E-state index contributed by atoms with van der Waals surface area (Å²) in [6, 6.07) is 4.89. The van der Waals surface area contributed by atoms with E-state index in [4.69, 9.17) is 16.7 Å². The molecule has 0 spiro atoms. The van der Waals surface area contributed by atoms with E-state index in [1.807, 2.05) is 13.8 Å². The highest BCUT2D eigenvalue weighted by Gasteiger charge is 2.15. The van der Waals surface area contributed by atoms with E-state index >= 15 is 0 Å². The Balaban J connectivity index is 2.84. The highest BCUT2D eigenvalue weighted by molar-refractivity contribution is 6.31. The zero-order valence-electron chi connectivity index (χ0n) is 10.6. The third-order valence-corrected chi connectivity index (χ3v) is 2.81. The summed E-state index contributed by atoms with van der Waals surface area (Å²) in [6.07, 6.45) is 0. The predicted octanol–water partition coefficient (Wildman–Crippen LogP) is 2.59. The van der Waals surface area contributed by atoms with Crippen LogP contribution in [0.1, 0.15) is 19.4 Å². The molecule has 1 aromatic carbocycles. The summed E-state index contributed by atoms with van der Waals surface area (Å²) in [5.41, 5.74) is 0.570. The Morgan fingerprint density at radius 2 is 2.11 bits per heavy atom. The number of phenolic OH excluding ortho intramolecular Hbond substituents is 1.